The molecule has 0 spiro atoms. The van der Waals surface area contributed by atoms with Crippen LogP contribution in [-0.4, -0.2) is 66.2 Å². The molecule has 0 amide bonds. The lowest BCUT2D eigenvalue weighted by molar-refractivity contribution is 0.0692. The SMILES string of the molecule is O=C(O)c1ccc(CN2CCN(C3CNC3)CC2)cc1. The van der Waals surface area contributed by atoms with Crippen LogP contribution in [0.2, 0.25) is 0 Å². The summed E-state index contributed by atoms with van der Waals surface area (Å²) in [4.78, 5) is 15.8. The molecule has 5 heteroatoms. The van der Waals surface area contributed by atoms with Crippen molar-refractivity contribution < 1.29 is 9.90 Å². The molecule has 1 aromatic rings. The van der Waals surface area contributed by atoms with Crippen LogP contribution >= 0.6 is 0 Å². The molecule has 2 aliphatic rings. The normalized spacial score (nSPS) is 21.6. The second-order valence-electron chi connectivity index (χ2n) is 5.63. The predicted molar refractivity (Wildman–Crippen MR) is 76.9 cm³/mol. The van der Waals surface area contributed by atoms with Crippen LogP contribution in [0.15, 0.2) is 24.3 Å². The summed E-state index contributed by atoms with van der Waals surface area (Å²) in [5.74, 6) is -0.862. The van der Waals surface area contributed by atoms with E-state index >= 15 is 0 Å². The lowest BCUT2D eigenvalue weighted by atomic mass is 10.1. The number of hydrogen-bond acceptors (Lipinski definition) is 4. The van der Waals surface area contributed by atoms with Crippen molar-refractivity contribution in [2.75, 3.05) is 39.3 Å². The molecular formula is C15H21N3O2. The first kappa shape index (κ1) is 13.5. The summed E-state index contributed by atoms with van der Waals surface area (Å²) in [5, 5.41) is 12.2. The lowest BCUT2D eigenvalue weighted by Gasteiger charge is -2.43. The van der Waals surface area contributed by atoms with Gasteiger partial charge in [-0.2, -0.15) is 0 Å². The summed E-state index contributed by atoms with van der Waals surface area (Å²) in [6.07, 6.45) is 0. The largest absolute Gasteiger partial charge is 0.478 e. The fourth-order valence-electron chi connectivity index (χ4n) is 2.83. The van der Waals surface area contributed by atoms with Crippen LogP contribution in [0, 0.1) is 0 Å². The van der Waals surface area contributed by atoms with E-state index in [1.807, 2.05) is 12.1 Å². The zero-order chi connectivity index (χ0) is 13.9. The van der Waals surface area contributed by atoms with Crippen molar-refractivity contribution in [3.8, 4) is 0 Å². The molecule has 2 heterocycles. The van der Waals surface area contributed by atoms with Crippen molar-refractivity contribution in [2.45, 2.75) is 12.6 Å². The van der Waals surface area contributed by atoms with E-state index in [0.717, 1.165) is 51.9 Å². The maximum Gasteiger partial charge on any atom is 0.335 e. The standard InChI is InChI=1S/C15H21N3O2/c19-15(20)13-3-1-12(2-4-13)11-17-5-7-18(8-6-17)14-9-16-10-14/h1-4,14,16H,5-11H2,(H,19,20). The smallest absolute Gasteiger partial charge is 0.335 e. The van der Waals surface area contributed by atoms with Crippen LogP contribution in [-0.2, 0) is 6.54 Å². The molecule has 108 valence electrons. The van der Waals surface area contributed by atoms with Crippen molar-refractivity contribution in [2.24, 2.45) is 0 Å². The minimum atomic E-state index is -0.862. The van der Waals surface area contributed by atoms with Gasteiger partial charge in [0.05, 0.1) is 5.56 Å². The predicted octanol–water partition coefficient (Wildman–Crippen LogP) is 0.474. The van der Waals surface area contributed by atoms with Gasteiger partial charge in [-0.25, -0.2) is 4.79 Å². The number of carboxylic acids is 1. The van der Waals surface area contributed by atoms with Crippen LogP contribution < -0.4 is 5.32 Å². The third-order valence-electron chi connectivity index (χ3n) is 4.29. The minimum absolute atomic E-state index is 0.357. The number of nitrogens with one attached hydrogen (secondary N) is 1. The molecule has 0 unspecified atom stereocenters. The second kappa shape index (κ2) is 5.91. The van der Waals surface area contributed by atoms with Gasteiger partial charge in [-0.1, -0.05) is 12.1 Å². The number of hydrogen-bond donors (Lipinski definition) is 2. The quantitative estimate of drug-likeness (QED) is 0.837. The van der Waals surface area contributed by atoms with E-state index in [1.165, 1.54) is 5.56 Å². The highest BCUT2D eigenvalue weighted by atomic mass is 16.4. The fourth-order valence-corrected chi connectivity index (χ4v) is 2.83. The third-order valence-corrected chi connectivity index (χ3v) is 4.29. The Morgan fingerprint density at radius 3 is 2.30 bits per heavy atom. The molecule has 2 aliphatic heterocycles. The zero-order valence-electron chi connectivity index (χ0n) is 11.6. The molecule has 0 saturated carbocycles. The molecule has 0 aromatic heterocycles. The summed E-state index contributed by atoms with van der Waals surface area (Å²) in [6, 6.07) is 7.96. The van der Waals surface area contributed by atoms with Gasteiger partial charge in [0.25, 0.3) is 0 Å². The van der Waals surface area contributed by atoms with Crippen LogP contribution in [0.5, 0.6) is 0 Å². The van der Waals surface area contributed by atoms with Crippen molar-refractivity contribution >= 4 is 5.97 Å². The van der Waals surface area contributed by atoms with Crippen molar-refractivity contribution in [1.29, 1.82) is 0 Å². The molecule has 0 bridgehead atoms. The topological polar surface area (TPSA) is 55.8 Å². The molecule has 2 fully saturated rings. The van der Waals surface area contributed by atoms with E-state index in [0.29, 0.717) is 5.56 Å². The van der Waals surface area contributed by atoms with Crippen LogP contribution in [0.4, 0.5) is 0 Å². The Balaban J connectivity index is 1.50. The van der Waals surface area contributed by atoms with E-state index in [1.54, 1.807) is 12.1 Å². The highest BCUT2D eigenvalue weighted by Crippen LogP contribution is 2.13. The van der Waals surface area contributed by atoms with Crippen molar-refractivity contribution in [3.63, 3.8) is 0 Å². The first-order valence-electron chi connectivity index (χ1n) is 7.22. The molecule has 3 rings (SSSR count). The van der Waals surface area contributed by atoms with Gasteiger partial charge in [0.2, 0.25) is 0 Å². The number of rotatable bonds is 4. The number of piperazine rings is 1. The van der Waals surface area contributed by atoms with E-state index < -0.39 is 5.97 Å². The molecule has 0 atom stereocenters. The highest BCUT2D eigenvalue weighted by Gasteiger charge is 2.27. The Hall–Kier alpha value is -1.43. The van der Waals surface area contributed by atoms with Gasteiger partial charge in [0.15, 0.2) is 0 Å². The van der Waals surface area contributed by atoms with Gasteiger partial charge in [-0.05, 0) is 17.7 Å². The second-order valence-corrected chi connectivity index (χ2v) is 5.63. The molecule has 5 nitrogen and oxygen atoms in total. The summed E-state index contributed by atoms with van der Waals surface area (Å²) in [7, 11) is 0. The van der Waals surface area contributed by atoms with E-state index in [2.05, 4.69) is 15.1 Å². The average molecular weight is 275 g/mol. The van der Waals surface area contributed by atoms with E-state index in [9.17, 15) is 4.79 Å². The van der Waals surface area contributed by atoms with Gasteiger partial charge in [0.1, 0.15) is 0 Å². The number of aromatic carboxylic acids is 1. The number of nitrogens with zero attached hydrogens (tertiary/aromatic N) is 2. The minimum Gasteiger partial charge on any atom is -0.478 e. The molecule has 2 saturated heterocycles. The number of carboxylic acid groups (broad SMARTS) is 1. The van der Waals surface area contributed by atoms with Gasteiger partial charge < -0.3 is 10.4 Å². The molecule has 1 aromatic carbocycles. The Morgan fingerprint density at radius 1 is 1.15 bits per heavy atom. The van der Waals surface area contributed by atoms with Gasteiger partial charge >= 0.3 is 5.97 Å². The first-order chi connectivity index (χ1) is 9.72. The Bertz CT molecular complexity index is 463. The van der Waals surface area contributed by atoms with Gasteiger partial charge in [-0.15, -0.1) is 0 Å². The van der Waals surface area contributed by atoms with Crippen LogP contribution in [0.1, 0.15) is 15.9 Å². The Labute approximate surface area is 119 Å². The van der Waals surface area contributed by atoms with Crippen molar-refractivity contribution in [1.82, 2.24) is 15.1 Å². The van der Waals surface area contributed by atoms with E-state index in [4.69, 9.17) is 5.11 Å². The molecule has 0 aliphatic carbocycles. The Morgan fingerprint density at radius 2 is 1.80 bits per heavy atom. The zero-order valence-corrected chi connectivity index (χ0v) is 11.6. The summed E-state index contributed by atoms with van der Waals surface area (Å²) in [6.45, 7) is 7.65. The van der Waals surface area contributed by atoms with E-state index in [-0.39, 0.29) is 0 Å². The molecular weight excluding hydrogens is 254 g/mol. The molecule has 2 N–H and O–H groups in total. The van der Waals surface area contributed by atoms with Crippen LogP contribution in [0.25, 0.3) is 0 Å². The maximum atomic E-state index is 10.8. The Kier molecular flexibility index (Phi) is 4.00. The van der Waals surface area contributed by atoms with Gasteiger partial charge in [-0.3, -0.25) is 9.80 Å². The highest BCUT2D eigenvalue weighted by molar-refractivity contribution is 5.87. The van der Waals surface area contributed by atoms with Crippen molar-refractivity contribution in [3.05, 3.63) is 35.4 Å². The lowest BCUT2D eigenvalue weighted by Crippen LogP contribution is -2.61. The fraction of sp³-hybridized carbons (Fsp3) is 0.533. The van der Waals surface area contributed by atoms with Crippen LogP contribution in [0.3, 0.4) is 0 Å². The summed E-state index contributed by atoms with van der Waals surface area (Å²) >= 11 is 0. The third kappa shape index (κ3) is 3.00. The average Bonchev–Trinajstić information content (AvgIpc) is 2.39. The summed E-state index contributed by atoms with van der Waals surface area (Å²) < 4.78 is 0. The van der Waals surface area contributed by atoms with Gasteiger partial charge in [0, 0.05) is 51.9 Å². The number of carbonyl (C=O) groups is 1. The monoisotopic (exact) mass is 275 g/mol. The first-order valence-corrected chi connectivity index (χ1v) is 7.22. The maximum absolute atomic E-state index is 10.8. The summed E-state index contributed by atoms with van der Waals surface area (Å²) in [5.41, 5.74) is 1.55. The molecule has 20 heavy (non-hydrogen) atoms. The molecule has 0 radical (unpaired) electrons. The number of benzene rings is 1.